The molecule has 4 aromatic rings. The summed E-state index contributed by atoms with van der Waals surface area (Å²) < 4.78 is 22.5. The molecule has 2 aliphatic heterocycles. The summed E-state index contributed by atoms with van der Waals surface area (Å²) in [5, 5.41) is 13.0. The van der Waals surface area contributed by atoms with E-state index in [-0.39, 0.29) is 17.4 Å². The van der Waals surface area contributed by atoms with Crippen molar-refractivity contribution in [3.8, 4) is 17.1 Å². The predicted octanol–water partition coefficient (Wildman–Crippen LogP) is 3.84. The van der Waals surface area contributed by atoms with Gasteiger partial charge < -0.3 is 20.7 Å². The minimum absolute atomic E-state index is 0.00306. The number of carbonyl (C=O) groups is 2. The van der Waals surface area contributed by atoms with E-state index in [4.69, 9.17) is 4.74 Å². The topological polar surface area (TPSA) is 123 Å². The van der Waals surface area contributed by atoms with Gasteiger partial charge in [0.1, 0.15) is 22.9 Å². The summed E-state index contributed by atoms with van der Waals surface area (Å²) in [4.78, 5) is 36.2. The van der Waals surface area contributed by atoms with Gasteiger partial charge >= 0.3 is 0 Å². The molecule has 2 aromatic carbocycles. The molecule has 0 saturated heterocycles. The summed E-state index contributed by atoms with van der Waals surface area (Å²) >= 11 is 0. The lowest BCUT2D eigenvalue weighted by atomic mass is 10.0. The Hall–Kier alpha value is -5.06. The molecule has 11 heteroatoms. The molecule has 10 nitrogen and oxygen atoms in total. The number of pyridine rings is 1. The highest BCUT2D eigenvalue weighted by Gasteiger charge is 2.34. The van der Waals surface area contributed by atoms with Crippen LogP contribution in [0.1, 0.15) is 34.8 Å². The summed E-state index contributed by atoms with van der Waals surface area (Å²) in [5.74, 6) is -0.921. The van der Waals surface area contributed by atoms with Gasteiger partial charge in [0.25, 0.3) is 11.8 Å². The Morgan fingerprint density at radius 2 is 1.93 bits per heavy atom. The fraction of sp³-hybridized carbons (Fsp3) is 0.207. The van der Waals surface area contributed by atoms with Crippen molar-refractivity contribution >= 4 is 29.0 Å². The van der Waals surface area contributed by atoms with Gasteiger partial charge in [0.15, 0.2) is 0 Å². The molecule has 0 spiro atoms. The van der Waals surface area contributed by atoms with Crippen LogP contribution in [0.2, 0.25) is 0 Å². The number of carbonyl (C=O) groups excluding carboxylic acids is 2. The second-order valence-corrected chi connectivity index (χ2v) is 9.52. The first-order chi connectivity index (χ1) is 19.4. The monoisotopic (exact) mass is 539 g/mol. The molecule has 40 heavy (non-hydrogen) atoms. The van der Waals surface area contributed by atoms with Crippen molar-refractivity contribution in [2.75, 3.05) is 17.7 Å². The molecule has 0 unspecified atom stereocenters. The van der Waals surface area contributed by atoms with E-state index >= 15 is 0 Å². The highest BCUT2D eigenvalue weighted by atomic mass is 19.1. The lowest BCUT2D eigenvalue weighted by molar-refractivity contribution is -0.117. The molecular formula is C29H26FN7O3. The number of hydrogen-bond acceptors (Lipinski definition) is 7. The predicted molar refractivity (Wildman–Crippen MR) is 148 cm³/mol. The van der Waals surface area contributed by atoms with Crippen LogP contribution in [-0.2, 0) is 11.3 Å². The molecule has 0 saturated carbocycles. The number of nitrogens with one attached hydrogen (secondary N) is 3. The van der Waals surface area contributed by atoms with Gasteiger partial charge in [0, 0.05) is 42.9 Å². The lowest BCUT2D eigenvalue weighted by Gasteiger charge is -2.22. The number of halogens is 1. The number of aliphatic imine (C=N–C) groups is 1. The number of fused-ring (bicyclic) bond motifs is 2. The van der Waals surface area contributed by atoms with Crippen molar-refractivity contribution in [3.63, 3.8) is 0 Å². The van der Waals surface area contributed by atoms with E-state index < -0.39 is 23.8 Å². The maximum Gasteiger partial charge on any atom is 0.269 e. The quantitative estimate of drug-likeness (QED) is 0.354. The number of benzene rings is 2. The second-order valence-electron chi connectivity index (χ2n) is 9.52. The number of nitrogens with zero attached hydrogens (tertiary/aromatic N) is 4. The first-order valence-electron chi connectivity index (χ1n) is 12.9. The van der Waals surface area contributed by atoms with Gasteiger partial charge in [-0.3, -0.25) is 9.59 Å². The van der Waals surface area contributed by atoms with Gasteiger partial charge in [-0.2, -0.15) is 5.10 Å². The van der Waals surface area contributed by atoms with E-state index in [1.165, 1.54) is 6.07 Å². The van der Waals surface area contributed by atoms with E-state index in [0.29, 0.717) is 46.3 Å². The van der Waals surface area contributed by atoms with Crippen LogP contribution in [-0.4, -0.2) is 51.6 Å². The summed E-state index contributed by atoms with van der Waals surface area (Å²) in [6.07, 6.45) is 0.855. The molecule has 4 heterocycles. The van der Waals surface area contributed by atoms with E-state index in [1.807, 2.05) is 37.3 Å². The van der Waals surface area contributed by atoms with Gasteiger partial charge in [-0.05, 0) is 25.1 Å². The van der Waals surface area contributed by atoms with E-state index in [0.717, 1.165) is 6.42 Å². The maximum absolute atomic E-state index is 14.9. The van der Waals surface area contributed by atoms with Crippen molar-refractivity contribution in [1.29, 1.82) is 0 Å². The van der Waals surface area contributed by atoms with E-state index in [2.05, 4.69) is 31.0 Å². The van der Waals surface area contributed by atoms with Gasteiger partial charge in [0.2, 0.25) is 12.0 Å². The smallest absolute Gasteiger partial charge is 0.269 e. The van der Waals surface area contributed by atoms with Crippen LogP contribution < -0.4 is 20.7 Å². The fourth-order valence-corrected chi connectivity index (χ4v) is 4.78. The zero-order valence-electron chi connectivity index (χ0n) is 21.8. The molecule has 2 atom stereocenters. The highest BCUT2D eigenvalue weighted by molar-refractivity contribution is 6.20. The van der Waals surface area contributed by atoms with Crippen molar-refractivity contribution in [2.24, 2.45) is 4.99 Å². The number of anilines is 2. The average molecular weight is 540 g/mol. The summed E-state index contributed by atoms with van der Waals surface area (Å²) in [6.45, 7) is 2.48. The molecule has 2 amide bonds. The number of benzodiazepines with no additional fused rings is 1. The summed E-state index contributed by atoms with van der Waals surface area (Å²) in [5.41, 5.74) is 2.59. The standard InChI is InChI=1S/C29H26FN7O3/c1-16-13-14-37-29(40-16)22(24(36-37)18-11-12-21(31-2)32-15-18)27(38)35-26-28(39)34-25-19(9-6-10-20(25)30)23(33-26)17-7-4-3-5-8-17/h3-12,15-16,26H,13-14H2,1-2H3,(H,31,32)(H,34,39)(H,35,38)/t16-,26-/m1/s1. The normalized spacial score (nSPS) is 17.9. The van der Waals surface area contributed by atoms with Crippen molar-refractivity contribution < 1.29 is 18.7 Å². The number of rotatable bonds is 5. The Balaban J connectivity index is 1.42. The van der Waals surface area contributed by atoms with Crippen LogP contribution >= 0.6 is 0 Å². The Kier molecular flexibility index (Phi) is 6.47. The molecule has 6 rings (SSSR count). The number of aromatic nitrogens is 3. The fourth-order valence-electron chi connectivity index (χ4n) is 4.78. The Morgan fingerprint density at radius 3 is 2.67 bits per heavy atom. The minimum Gasteiger partial charge on any atom is -0.474 e. The minimum atomic E-state index is -1.36. The summed E-state index contributed by atoms with van der Waals surface area (Å²) in [6, 6.07) is 17.2. The van der Waals surface area contributed by atoms with Gasteiger partial charge in [-0.1, -0.05) is 42.5 Å². The zero-order valence-corrected chi connectivity index (χ0v) is 21.8. The Labute approximate surface area is 229 Å². The zero-order chi connectivity index (χ0) is 27.8. The number of amides is 2. The molecule has 3 N–H and O–H groups in total. The molecular weight excluding hydrogens is 513 g/mol. The molecule has 2 aliphatic rings. The largest absolute Gasteiger partial charge is 0.474 e. The Bertz CT molecular complexity index is 1630. The van der Waals surface area contributed by atoms with E-state index in [9.17, 15) is 14.0 Å². The van der Waals surface area contributed by atoms with Gasteiger partial charge in [-0.15, -0.1) is 0 Å². The molecule has 0 aliphatic carbocycles. The van der Waals surface area contributed by atoms with Gasteiger partial charge in [0.05, 0.1) is 17.5 Å². The number of aryl methyl sites for hydroxylation is 1. The van der Waals surface area contributed by atoms with Crippen LogP contribution in [0, 0.1) is 5.82 Å². The number of ether oxygens (including phenoxy) is 1. The second kappa shape index (κ2) is 10.3. The molecule has 202 valence electrons. The Morgan fingerprint density at radius 1 is 1.10 bits per heavy atom. The number of hydrogen-bond donors (Lipinski definition) is 3. The maximum atomic E-state index is 14.9. The third kappa shape index (κ3) is 4.55. The van der Waals surface area contributed by atoms with Crippen LogP contribution in [0.5, 0.6) is 5.88 Å². The first-order valence-corrected chi connectivity index (χ1v) is 12.9. The van der Waals surface area contributed by atoms with Crippen LogP contribution in [0.25, 0.3) is 11.3 Å². The molecule has 2 aromatic heterocycles. The van der Waals surface area contributed by atoms with Crippen LogP contribution in [0.15, 0.2) is 71.9 Å². The van der Waals surface area contributed by atoms with Gasteiger partial charge in [-0.25, -0.2) is 19.0 Å². The first kappa shape index (κ1) is 25.2. The third-order valence-corrected chi connectivity index (χ3v) is 6.82. The molecule has 0 bridgehead atoms. The van der Waals surface area contributed by atoms with Crippen molar-refractivity contribution in [1.82, 2.24) is 20.1 Å². The SMILES string of the molecule is CNc1ccc(-c2nn3c(c2C(=O)N[C@H]2N=C(c4ccccc4)c4cccc(F)c4NC2=O)O[C@H](C)CC3)cn1. The van der Waals surface area contributed by atoms with Crippen LogP contribution in [0.4, 0.5) is 15.9 Å². The van der Waals surface area contributed by atoms with Crippen molar-refractivity contribution in [2.45, 2.75) is 32.2 Å². The van der Waals surface area contributed by atoms with Crippen molar-refractivity contribution in [3.05, 3.63) is 89.4 Å². The van der Waals surface area contributed by atoms with E-state index in [1.54, 1.807) is 42.2 Å². The lowest BCUT2D eigenvalue weighted by Crippen LogP contribution is -2.42. The molecule has 0 radical (unpaired) electrons. The molecule has 0 fully saturated rings. The number of para-hydroxylation sites is 1. The average Bonchev–Trinajstić information content (AvgIpc) is 3.28. The summed E-state index contributed by atoms with van der Waals surface area (Å²) in [7, 11) is 1.76. The highest BCUT2D eigenvalue weighted by Crippen LogP contribution is 2.34. The van der Waals surface area contributed by atoms with Crippen LogP contribution in [0.3, 0.4) is 0 Å². The third-order valence-electron chi connectivity index (χ3n) is 6.82.